The number of nitrogens with one attached hydrogen (secondary N) is 1. The van der Waals surface area contributed by atoms with Crippen molar-refractivity contribution in [1.82, 2.24) is 4.72 Å². The highest BCUT2D eigenvalue weighted by Crippen LogP contribution is 2.25. The summed E-state index contributed by atoms with van der Waals surface area (Å²) < 4.78 is 27.4. The van der Waals surface area contributed by atoms with Gasteiger partial charge >= 0.3 is 0 Å². The van der Waals surface area contributed by atoms with Crippen molar-refractivity contribution >= 4 is 33.0 Å². The SMILES string of the molecule is Cc1c(Cl)cccc1S(=O)(=O)NC[C@H](O)c1ccc(-c2ccsc2)cc1. The third-order valence-electron chi connectivity index (χ3n) is 4.12. The van der Waals surface area contributed by atoms with Crippen LogP contribution in [-0.2, 0) is 10.0 Å². The number of sulfonamides is 1. The first-order valence-electron chi connectivity index (χ1n) is 7.94. The third kappa shape index (κ3) is 4.16. The van der Waals surface area contributed by atoms with E-state index in [-0.39, 0.29) is 11.4 Å². The molecule has 2 aromatic carbocycles. The van der Waals surface area contributed by atoms with Gasteiger partial charge in [0, 0.05) is 11.6 Å². The topological polar surface area (TPSA) is 66.4 Å². The molecule has 0 saturated carbocycles. The second-order valence-corrected chi connectivity index (χ2v) is 8.79. The van der Waals surface area contributed by atoms with E-state index in [1.807, 2.05) is 29.0 Å². The van der Waals surface area contributed by atoms with Gasteiger partial charge in [-0.1, -0.05) is 41.9 Å². The van der Waals surface area contributed by atoms with Crippen molar-refractivity contribution in [2.24, 2.45) is 0 Å². The smallest absolute Gasteiger partial charge is 0.240 e. The fourth-order valence-electron chi connectivity index (χ4n) is 2.59. The monoisotopic (exact) mass is 407 g/mol. The Morgan fingerprint density at radius 3 is 2.50 bits per heavy atom. The average Bonchev–Trinajstić information content (AvgIpc) is 3.17. The standard InChI is InChI=1S/C19H18ClNO3S2/c1-13-17(20)3-2-4-19(13)26(23,24)21-11-18(22)15-7-5-14(6-8-15)16-9-10-25-12-16/h2-10,12,18,21-22H,11H2,1H3/t18-/m0/s1. The van der Waals surface area contributed by atoms with Crippen LogP contribution in [0.5, 0.6) is 0 Å². The van der Waals surface area contributed by atoms with Crippen molar-refractivity contribution in [1.29, 1.82) is 0 Å². The van der Waals surface area contributed by atoms with Gasteiger partial charge in [0.25, 0.3) is 0 Å². The van der Waals surface area contributed by atoms with Gasteiger partial charge in [-0.25, -0.2) is 13.1 Å². The fraction of sp³-hybridized carbons (Fsp3) is 0.158. The Balaban J connectivity index is 1.70. The van der Waals surface area contributed by atoms with Crippen molar-refractivity contribution in [2.45, 2.75) is 17.9 Å². The average molecular weight is 408 g/mol. The number of thiophene rings is 1. The van der Waals surface area contributed by atoms with Crippen LogP contribution in [0.1, 0.15) is 17.2 Å². The van der Waals surface area contributed by atoms with Gasteiger partial charge in [0.15, 0.2) is 0 Å². The predicted octanol–water partition coefficient (Wildman–Crippen LogP) is 4.39. The summed E-state index contributed by atoms with van der Waals surface area (Å²) in [4.78, 5) is 0.116. The molecule has 3 rings (SSSR count). The number of halogens is 1. The molecule has 7 heteroatoms. The van der Waals surface area contributed by atoms with Crippen LogP contribution in [0.25, 0.3) is 11.1 Å². The van der Waals surface area contributed by atoms with E-state index in [1.54, 1.807) is 42.5 Å². The Bertz CT molecular complexity index is 984. The van der Waals surface area contributed by atoms with Crippen LogP contribution in [0.2, 0.25) is 5.02 Å². The van der Waals surface area contributed by atoms with Crippen molar-refractivity contribution in [3.63, 3.8) is 0 Å². The van der Waals surface area contributed by atoms with Gasteiger partial charge in [-0.3, -0.25) is 0 Å². The zero-order valence-electron chi connectivity index (χ0n) is 14.0. The summed E-state index contributed by atoms with van der Waals surface area (Å²) in [6, 6.07) is 14.2. The van der Waals surface area contributed by atoms with Crippen LogP contribution in [0, 0.1) is 6.92 Å². The Labute approximate surface area is 162 Å². The molecule has 0 aliphatic heterocycles. The molecule has 0 aliphatic rings. The molecule has 0 radical (unpaired) electrons. The molecule has 0 amide bonds. The molecular weight excluding hydrogens is 390 g/mol. The molecule has 2 N–H and O–H groups in total. The quantitative estimate of drug-likeness (QED) is 0.636. The Morgan fingerprint density at radius 1 is 1.12 bits per heavy atom. The summed E-state index contributed by atoms with van der Waals surface area (Å²) in [6.45, 7) is 1.53. The highest BCUT2D eigenvalue weighted by atomic mass is 35.5. The second kappa shape index (κ2) is 7.90. The minimum atomic E-state index is -3.75. The molecule has 1 atom stereocenters. The van der Waals surface area contributed by atoms with Crippen molar-refractivity contribution in [3.8, 4) is 11.1 Å². The minimum absolute atomic E-state index is 0.116. The lowest BCUT2D eigenvalue weighted by molar-refractivity contribution is 0.182. The molecule has 0 unspecified atom stereocenters. The Morgan fingerprint density at radius 2 is 1.85 bits per heavy atom. The normalized spacial score (nSPS) is 12.9. The van der Waals surface area contributed by atoms with E-state index in [0.29, 0.717) is 16.1 Å². The maximum Gasteiger partial charge on any atom is 0.240 e. The number of aliphatic hydroxyl groups excluding tert-OH is 1. The molecule has 1 aromatic heterocycles. The molecule has 0 bridgehead atoms. The predicted molar refractivity (Wildman–Crippen MR) is 106 cm³/mol. The highest BCUT2D eigenvalue weighted by Gasteiger charge is 2.19. The summed E-state index contributed by atoms with van der Waals surface area (Å²) in [5.41, 5.74) is 3.30. The molecule has 26 heavy (non-hydrogen) atoms. The van der Waals surface area contributed by atoms with Gasteiger partial charge < -0.3 is 5.11 Å². The molecule has 4 nitrogen and oxygen atoms in total. The first-order valence-corrected chi connectivity index (χ1v) is 10.7. The largest absolute Gasteiger partial charge is 0.387 e. The molecule has 3 aromatic rings. The number of hydrogen-bond donors (Lipinski definition) is 2. The molecule has 0 spiro atoms. The van der Waals surface area contributed by atoms with Crippen LogP contribution in [0.15, 0.2) is 64.2 Å². The first kappa shape index (κ1) is 19.1. The number of hydrogen-bond acceptors (Lipinski definition) is 4. The fourth-order valence-corrected chi connectivity index (χ4v) is 4.79. The third-order valence-corrected chi connectivity index (χ3v) is 6.78. The first-order chi connectivity index (χ1) is 12.4. The maximum atomic E-state index is 12.5. The van der Waals surface area contributed by atoms with Crippen LogP contribution in [-0.4, -0.2) is 20.1 Å². The number of rotatable bonds is 6. The van der Waals surface area contributed by atoms with Gasteiger partial charge in [0.05, 0.1) is 11.0 Å². The lowest BCUT2D eigenvalue weighted by Crippen LogP contribution is -2.29. The molecule has 1 heterocycles. The van der Waals surface area contributed by atoms with Gasteiger partial charge in [-0.05, 0) is 58.1 Å². The highest BCUT2D eigenvalue weighted by molar-refractivity contribution is 7.89. The van der Waals surface area contributed by atoms with Crippen LogP contribution in [0.3, 0.4) is 0 Å². The number of aliphatic hydroxyl groups is 1. The summed E-state index contributed by atoms with van der Waals surface area (Å²) >= 11 is 7.62. The van der Waals surface area contributed by atoms with Crippen molar-refractivity contribution in [3.05, 3.63) is 75.4 Å². The number of benzene rings is 2. The van der Waals surface area contributed by atoms with E-state index in [0.717, 1.165) is 11.1 Å². The van der Waals surface area contributed by atoms with Gasteiger partial charge in [-0.15, -0.1) is 0 Å². The zero-order valence-corrected chi connectivity index (χ0v) is 16.4. The van der Waals surface area contributed by atoms with Gasteiger partial charge in [0.1, 0.15) is 0 Å². The van der Waals surface area contributed by atoms with E-state index in [1.165, 1.54) is 6.07 Å². The van der Waals surface area contributed by atoms with E-state index in [4.69, 9.17) is 11.6 Å². The van der Waals surface area contributed by atoms with E-state index in [9.17, 15) is 13.5 Å². The molecule has 0 saturated heterocycles. The zero-order chi connectivity index (χ0) is 18.7. The molecule has 0 aliphatic carbocycles. The molecule has 0 fully saturated rings. The van der Waals surface area contributed by atoms with Crippen LogP contribution < -0.4 is 4.72 Å². The van der Waals surface area contributed by atoms with Gasteiger partial charge in [0.2, 0.25) is 10.0 Å². The summed E-state index contributed by atoms with van der Waals surface area (Å²) in [5, 5.41) is 14.8. The van der Waals surface area contributed by atoms with E-state index >= 15 is 0 Å². The van der Waals surface area contributed by atoms with Gasteiger partial charge in [-0.2, -0.15) is 11.3 Å². The summed E-state index contributed by atoms with van der Waals surface area (Å²) in [7, 11) is -3.75. The van der Waals surface area contributed by atoms with Crippen LogP contribution in [0.4, 0.5) is 0 Å². The van der Waals surface area contributed by atoms with Crippen molar-refractivity contribution in [2.75, 3.05) is 6.54 Å². The Kier molecular flexibility index (Phi) is 5.79. The lowest BCUT2D eigenvalue weighted by Gasteiger charge is -2.14. The molecule has 136 valence electrons. The summed E-state index contributed by atoms with van der Waals surface area (Å²) in [6.07, 6.45) is -0.944. The Hall–Kier alpha value is -1.70. The molecular formula is C19H18ClNO3S2. The second-order valence-electron chi connectivity index (χ2n) is 5.86. The van der Waals surface area contributed by atoms with E-state index in [2.05, 4.69) is 4.72 Å². The lowest BCUT2D eigenvalue weighted by atomic mass is 10.0. The van der Waals surface area contributed by atoms with Crippen molar-refractivity contribution < 1.29 is 13.5 Å². The van der Waals surface area contributed by atoms with Crippen LogP contribution >= 0.6 is 22.9 Å². The minimum Gasteiger partial charge on any atom is -0.387 e. The maximum absolute atomic E-state index is 12.5. The summed E-state index contributed by atoms with van der Waals surface area (Å²) in [5.74, 6) is 0. The van der Waals surface area contributed by atoms with E-state index < -0.39 is 16.1 Å².